The highest BCUT2D eigenvalue weighted by Gasteiger charge is 2.16. The van der Waals surface area contributed by atoms with Crippen molar-refractivity contribution in [2.24, 2.45) is 5.73 Å². The maximum absolute atomic E-state index is 12.1. The fraction of sp³-hybridized carbons (Fsp3) is 0.571. The van der Waals surface area contributed by atoms with Crippen molar-refractivity contribution in [3.8, 4) is 0 Å². The quantitative estimate of drug-likeness (QED) is 0.642. The van der Waals surface area contributed by atoms with Crippen molar-refractivity contribution in [3.05, 3.63) is 24.3 Å². The Morgan fingerprint density at radius 3 is 2.70 bits per heavy atom. The fourth-order valence-corrected chi connectivity index (χ4v) is 3.36. The molecule has 0 saturated heterocycles. The highest BCUT2D eigenvalue weighted by Crippen LogP contribution is 2.22. The Bertz CT molecular complexity index is 489. The standard InChI is InChI=1S/C14H24N2O3S/c1-2-12-20(17,18)14-7-4-3-6-13(14)16-9-5-10-19-11-8-15/h3-4,6-7,16H,2,5,8-12,15H2,1H3. The summed E-state index contributed by atoms with van der Waals surface area (Å²) in [5.74, 6) is 0.172. The molecule has 0 amide bonds. The lowest BCUT2D eigenvalue weighted by atomic mass is 10.3. The van der Waals surface area contributed by atoms with Gasteiger partial charge < -0.3 is 15.8 Å². The monoisotopic (exact) mass is 300 g/mol. The van der Waals surface area contributed by atoms with Crippen LogP contribution in [0.5, 0.6) is 0 Å². The Morgan fingerprint density at radius 1 is 1.25 bits per heavy atom. The number of benzene rings is 1. The summed E-state index contributed by atoms with van der Waals surface area (Å²) in [6, 6.07) is 7.03. The van der Waals surface area contributed by atoms with Crippen LogP contribution in [0, 0.1) is 0 Å². The van der Waals surface area contributed by atoms with Crippen LogP contribution in [0.1, 0.15) is 19.8 Å². The summed E-state index contributed by atoms with van der Waals surface area (Å²) in [4.78, 5) is 0.379. The first-order chi connectivity index (χ1) is 9.61. The van der Waals surface area contributed by atoms with Crippen molar-refractivity contribution in [3.63, 3.8) is 0 Å². The lowest BCUT2D eigenvalue weighted by Gasteiger charge is -2.12. The molecule has 0 spiro atoms. The Labute approximate surface area is 121 Å². The molecule has 20 heavy (non-hydrogen) atoms. The van der Waals surface area contributed by atoms with Gasteiger partial charge in [-0.1, -0.05) is 19.1 Å². The second-order valence-electron chi connectivity index (χ2n) is 4.50. The summed E-state index contributed by atoms with van der Waals surface area (Å²) in [5.41, 5.74) is 5.99. The van der Waals surface area contributed by atoms with E-state index in [0.29, 0.717) is 43.3 Å². The zero-order chi connectivity index (χ0) is 14.8. The minimum atomic E-state index is -3.20. The normalized spacial score (nSPS) is 11.5. The zero-order valence-corrected chi connectivity index (χ0v) is 12.8. The van der Waals surface area contributed by atoms with Crippen molar-refractivity contribution in [1.29, 1.82) is 0 Å². The van der Waals surface area contributed by atoms with Gasteiger partial charge in [0.25, 0.3) is 0 Å². The first kappa shape index (κ1) is 16.9. The van der Waals surface area contributed by atoms with E-state index in [-0.39, 0.29) is 5.75 Å². The van der Waals surface area contributed by atoms with E-state index in [1.54, 1.807) is 18.2 Å². The van der Waals surface area contributed by atoms with Gasteiger partial charge in [0.05, 0.1) is 22.9 Å². The van der Waals surface area contributed by atoms with E-state index in [0.717, 1.165) is 6.42 Å². The summed E-state index contributed by atoms with van der Waals surface area (Å²) in [5, 5.41) is 3.16. The van der Waals surface area contributed by atoms with E-state index in [9.17, 15) is 8.42 Å². The third-order valence-corrected chi connectivity index (χ3v) is 4.71. The molecule has 0 radical (unpaired) electrons. The molecule has 1 aromatic carbocycles. The largest absolute Gasteiger partial charge is 0.384 e. The van der Waals surface area contributed by atoms with Crippen LogP contribution in [0.3, 0.4) is 0 Å². The lowest BCUT2D eigenvalue weighted by molar-refractivity contribution is 0.141. The van der Waals surface area contributed by atoms with Crippen LogP contribution in [0.25, 0.3) is 0 Å². The van der Waals surface area contributed by atoms with E-state index in [2.05, 4.69) is 5.32 Å². The molecule has 0 atom stereocenters. The number of hydrogen-bond donors (Lipinski definition) is 2. The van der Waals surface area contributed by atoms with E-state index in [4.69, 9.17) is 10.5 Å². The fourth-order valence-electron chi connectivity index (χ4n) is 1.85. The summed E-state index contributed by atoms with van der Waals surface area (Å²) < 4.78 is 29.6. The minimum Gasteiger partial charge on any atom is -0.384 e. The molecular formula is C14H24N2O3S. The average molecular weight is 300 g/mol. The average Bonchev–Trinajstić information content (AvgIpc) is 2.43. The second-order valence-corrected chi connectivity index (χ2v) is 6.57. The molecule has 0 saturated carbocycles. The number of ether oxygens (including phenoxy) is 1. The van der Waals surface area contributed by atoms with E-state index < -0.39 is 9.84 Å². The Kier molecular flexibility index (Phi) is 7.58. The molecule has 0 aliphatic rings. The minimum absolute atomic E-state index is 0.172. The molecule has 1 rings (SSSR count). The molecular weight excluding hydrogens is 276 g/mol. The Balaban J connectivity index is 2.58. The molecule has 0 aliphatic heterocycles. The van der Waals surface area contributed by atoms with Crippen LogP contribution in [0.4, 0.5) is 5.69 Å². The van der Waals surface area contributed by atoms with E-state index >= 15 is 0 Å². The number of para-hydroxylation sites is 1. The van der Waals surface area contributed by atoms with Gasteiger partial charge in [0.1, 0.15) is 0 Å². The van der Waals surface area contributed by atoms with Gasteiger partial charge in [-0.25, -0.2) is 8.42 Å². The first-order valence-electron chi connectivity index (χ1n) is 6.95. The number of nitrogens with one attached hydrogen (secondary N) is 1. The second kappa shape index (κ2) is 8.94. The van der Waals surface area contributed by atoms with Crippen molar-refractivity contribution >= 4 is 15.5 Å². The molecule has 1 aromatic rings. The molecule has 114 valence electrons. The maximum Gasteiger partial charge on any atom is 0.180 e. The summed E-state index contributed by atoms with van der Waals surface area (Å²) in [6.45, 7) is 4.23. The van der Waals surface area contributed by atoms with Crippen LogP contribution < -0.4 is 11.1 Å². The number of sulfone groups is 1. The molecule has 0 heterocycles. The molecule has 0 fully saturated rings. The third kappa shape index (κ3) is 5.48. The molecule has 6 heteroatoms. The highest BCUT2D eigenvalue weighted by molar-refractivity contribution is 7.91. The van der Waals surface area contributed by atoms with Gasteiger partial charge in [0.2, 0.25) is 0 Å². The van der Waals surface area contributed by atoms with Crippen LogP contribution in [0.2, 0.25) is 0 Å². The van der Waals surface area contributed by atoms with Gasteiger partial charge >= 0.3 is 0 Å². The molecule has 0 unspecified atom stereocenters. The van der Waals surface area contributed by atoms with Gasteiger partial charge in [-0.2, -0.15) is 0 Å². The Hall–Kier alpha value is -1.11. The predicted octanol–water partition coefficient (Wildman–Crippen LogP) is 1.65. The maximum atomic E-state index is 12.1. The number of anilines is 1. The van der Waals surface area contributed by atoms with Crippen molar-refractivity contribution in [2.45, 2.75) is 24.7 Å². The van der Waals surface area contributed by atoms with Gasteiger partial charge in [0, 0.05) is 19.7 Å². The highest BCUT2D eigenvalue weighted by atomic mass is 32.2. The van der Waals surface area contributed by atoms with E-state index in [1.165, 1.54) is 0 Å². The topological polar surface area (TPSA) is 81.4 Å². The van der Waals surface area contributed by atoms with Crippen LogP contribution in [-0.4, -0.2) is 40.5 Å². The SMILES string of the molecule is CCCS(=O)(=O)c1ccccc1NCCCOCCN. The summed E-state index contributed by atoms with van der Waals surface area (Å²) >= 11 is 0. The number of rotatable bonds is 10. The molecule has 0 aromatic heterocycles. The van der Waals surface area contributed by atoms with Crippen molar-refractivity contribution < 1.29 is 13.2 Å². The molecule has 5 nitrogen and oxygen atoms in total. The molecule has 0 bridgehead atoms. The van der Waals surface area contributed by atoms with Gasteiger partial charge in [-0.3, -0.25) is 0 Å². The van der Waals surface area contributed by atoms with Crippen LogP contribution in [-0.2, 0) is 14.6 Å². The third-order valence-electron chi connectivity index (χ3n) is 2.74. The van der Waals surface area contributed by atoms with Gasteiger partial charge in [-0.15, -0.1) is 0 Å². The zero-order valence-electron chi connectivity index (χ0n) is 12.0. The van der Waals surface area contributed by atoms with Crippen molar-refractivity contribution in [2.75, 3.05) is 37.4 Å². The van der Waals surface area contributed by atoms with Gasteiger partial charge in [-0.05, 0) is 25.0 Å². The van der Waals surface area contributed by atoms with Crippen molar-refractivity contribution in [1.82, 2.24) is 0 Å². The van der Waals surface area contributed by atoms with E-state index in [1.807, 2.05) is 13.0 Å². The summed E-state index contributed by atoms with van der Waals surface area (Å²) in [7, 11) is -3.20. The Morgan fingerprint density at radius 2 is 2.00 bits per heavy atom. The lowest BCUT2D eigenvalue weighted by Crippen LogP contribution is -2.13. The predicted molar refractivity (Wildman–Crippen MR) is 81.8 cm³/mol. The van der Waals surface area contributed by atoms with Crippen LogP contribution >= 0.6 is 0 Å². The number of hydrogen-bond acceptors (Lipinski definition) is 5. The van der Waals surface area contributed by atoms with Crippen LogP contribution in [0.15, 0.2) is 29.2 Å². The first-order valence-corrected chi connectivity index (χ1v) is 8.60. The molecule has 3 N–H and O–H groups in total. The molecule has 0 aliphatic carbocycles. The smallest absolute Gasteiger partial charge is 0.180 e. The van der Waals surface area contributed by atoms with Gasteiger partial charge in [0.15, 0.2) is 9.84 Å². The summed E-state index contributed by atoms with van der Waals surface area (Å²) in [6.07, 6.45) is 1.42. The number of nitrogens with two attached hydrogens (primary N) is 1.